The Labute approximate surface area is 164 Å². The van der Waals surface area contributed by atoms with E-state index in [4.69, 9.17) is 4.74 Å². The van der Waals surface area contributed by atoms with Crippen molar-refractivity contribution >= 4 is 11.8 Å². The Bertz CT molecular complexity index is 795. The van der Waals surface area contributed by atoms with Crippen molar-refractivity contribution in [2.75, 3.05) is 33.3 Å². The standard InChI is InChI=1S/C22H25FN2O3/c1-24(14-15-28-20-7-3-2-4-8-20)21(26)18-6-5-13-25(16-18)22(27)17-9-11-19(23)12-10-17/h2-4,7-12,18H,5-6,13-16H2,1H3. The lowest BCUT2D eigenvalue weighted by atomic mass is 9.96. The summed E-state index contributed by atoms with van der Waals surface area (Å²) in [5.41, 5.74) is 0.444. The molecule has 1 fully saturated rings. The fourth-order valence-electron chi connectivity index (χ4n) is 3.38. The first-order chi connectivity index (χ1) is 13.5. The van der Waals surface area contributed by atoms with Gasteiger partial charge in [-0.1, -0.05) is 18.2 Å². The Hall–Kier alpha value is -2.89. The molecule has 3 rings (SSSR count). The van der Waals surface area contributed by atoms with Gasteiger partial charge in [0.1, 0.15) is 18.2 Å². The molecular formula is C22H25FN2O3. The average molecular weight is 384 g/mol. The van der Waals surface area contributed by atoms with Gasteiger partial charge in [0.25, 0.3) is 5.91 Å². The van der Waals surface area contributed by atoms with Crippen LogP contribution in [-0.2, 0) is 4.79 Å². The highest BCUT2D eigenvalue weighted by molar-refractivity contribution is 5.94. The molecule has 1 heterocycles. The molecule has 0 aromatic heterocycles. The number of rotatable bonds is 6. The number of likely N-dealkylation sites (N-methyl/N-ethyl adjacent to an activating group) is 1. The lowest BCUT2D eigenvalue weighted by Crippen LogP contribution is -2.46. The summed E-state index contributed by atoms with van der Waals surface area (Å²) >= 11 is 0. The van der Waals surface area contributed by atoms with Gasteiger partial charge in [0.05, 0.1) is 12.5 Å². The van der Waals surface area contributed by atoms with Crippen molar-refractivity contribution in [3.63, 3.8) is 0 Å². The highest BCUT2D eigenvalue weighted by Crippen LogP contribution is 2.20. The number of benzene rings is 2. The van der Waals surface area contributed by atoms with E-state index in [0.29, 0.717) is 31.8 Å². The maximum Gasteiger partial charge on any atom is 0.253 e. The lowest BCUT2D eigenvalue weighted by Gasteiger charge is -2.34. The van der Waals surface area contributed by atoms with Crippen LogP contribution in [-0.4, -0.2) is 54.9 Å². The first-order valence-electron chi connectivity index (χ1n) is 9.52. The number of halogens is 1. The zero-order chi connectivity index (χ0) is 19.9. The third-order valence-electron chi connectivity index (χ3n) is 4.96. The molecule has 2 aromatic rings. The van der Waals surface area contributed by atoms with Gasteiger partial charge in [-0.2, -0.15) is 0 Å². The second kappa shape index (κ2) is 9.35. The second-order valence-corrected chi connectivity index (χ2v) is 7.02. The highest BCUT2D eigenvalue weighted by atomic mass is 19.1. The molecule has 148 valence electrons. The summed E-state index contributed by atoms with van der Waals surface area (Å²) in [6.45, 7) is 1.90. The highest BCUT2D eigenvalue weighted by Gasteiger charge is 2.30. The van der Waals surface area contributed by atoms with E-state index in [1.165, 1.54) is 24.3 Å². The summed E-state index contributed by atoms with van der Waals surface area (Å²) in [7, 11) is 1.76. The van der Waals surface area contributed by atoms with Crippen LogP contribution in [0.3, 0.4) is 0 Å². The second-order valence-electron chi connectivity index (χ2n) is 7.02. The van der Waals surface area contributed by atoms with E-state index in [-0.39, 0.29) is 23.5 Å². The van der Waals surface area contributed by atoms with Crippen molar-refractivity contribution < 1.29 is 18.7 Å². The maximum absolute atomic E-state index is 13.1. The molecule has 1 aliphatic rings. The van der Waals surface area contributed by atoms with Crippen LogP contribution in [0.4, 0.5) is 4.39 Å². The van der Waals surface area contributed by atoms with Crippen molar-refractivity contribution in [2.45, 2.75) is 12.8 Å². The summed E-state index contributed by atoms with van der Waals surface area (Å²) in [5.74, 6) is 0.0420. The van der Waals surface area contributed by atoms with Crippen LogP contribution in [0.5, 0.6) is 5.75 Å². The molecule has 6 heteroatoms. The van der Waals surface area contributed by atoms with E-state index >= 15 is 0 Å². The molecule has 1 aliphatic heterocycles. The number of nitrogens with zero attached hydrogens (tertiary/aromatic N) is 2. The van der Waals surface area contributed by atoms with E-state index in [1.807, 2.05) is 30.3 Å². The molecule has 2 amide bonds. The van der Waals surface area contributed by atoms with Crippen LogP contribution < -0.4 is 4.74 Å². The lowest BCUT2D eigenvalue weighted by molar-refractivity contribution is -0.135. The van der Waals surface area contributed by atoms with Gasteiger partial charge in [0.15, 0.2) is 0 Å². The molecular weight excluding hydrogens is 359 g/mol. The molecule has 1 atom stereocenters. The number of amides is 2. The van der Waals surface area contributed by atoms with Crippen LogP contribution in [0.25, 0.3) is 0 Å². The van der Waals surface area contributed by atoms with E-state index in [9.17, 15) is 14.0 Å². The van der Waals surface area contributed by atoms with E-state index in [1.54, 1.807) is 16.8 Å². The average Bonchev–Trinajstić information content (AvgIpc) is 2.74. The van der Waals surface area contributed by atoms with Crippen molar-refractivity contribution in [1.29, 1.82) is 0 Å². The smallest absolute Gasteiger partial charge is 0.253 e. The Kier molecular flexibility index (Phi) is 6.63. The number of likely N-dealkylation sites (tertiary alicyclic amines) is 1. The van der Waals surface area contributed by atoms with E-state index in [2.05, 4.69) is 0 Å². The van der Waals surface area contributed by atoms with Gasteiger partial charge in [-0.15, -0.1) is 0 Å². The molecule has 0 N–H and O–H groups in total. The zero-order valence-corrected chi connectivity index (χ0v) is 16.0. The predicted molar refractivity (Wildman–Crippen MR) is 105 cm³/mol. The van der Waals surface area contributed by atoms with Crippen molar-refractivity contribution in [1.82, 2.24) is 9.80 Å². The quantitative estimate of drug-likeness (QED) is 0.768. The molecule has 5 nitrogen and oxygen atoms in total. The molecule has 2 aromatic carbocycles. The number of carbonyl (C=O) groups is 2. The van der Waals surface area contributed by atoms with Crippen LogP contribution >= 0.6 is 0 Å². The Morgan fingerprint density at radius 2 is 1.86 bits per heavy atom. The summed E-state index contributed by atoms with van der Waals surface area (Å²) in [6.07, 6.45) is 1.54. The van der Waals surface area contributed by atoms with Crippen LogP contribution in [0.2, 0.25) is 0 Å². The van der Waals surface area contributed by atoms with Gasteiger partial charge in [-0.3, -0.25) is 9.59 Å². The molecule has 1 saturated heterocycles. The number of piperidine rings is 1. The summed E-state index contributed by atoms with van der Waals surface area (Å²) < 4.78 is 18.7. The molecule has 0 saturated carbocycles. The number of para-hydroxylation sites is 1. The third kappa shape index (κ3) is 5.09. The van der Waals surface area contributed by atoms with Crippen molar-refractivity contribution in [3.05, 3.63) is 66.0 Å². The van der Waals surface area contributed by atoms with Gasteiger partial charge in [-0.25, -0.2) is 4.39 Å². The predicted octanol–water partition coefficient (Wildman–Crippen LogP) is 3.22. The maximum atomic E-state index is 13.1. The van der Waals surface area contributed by atoms with Crippen molar-refractivity contribution in [2.24, 2.45) is 5.92 Å². The van der Waals surface area contributed by atoms with Crippen LogP contribution in [0.15, 0.2) is 54.6 Å². The summed E-state index contributed by atoms with van der Waals surface area (Å²) in [6, 6.07) is 15.0. The number of ether oxygens (including phenoxy) is 1. The monoisotopic (exact) mass is 384 g/mol. The number of carbonyl (C=O) groups excluding carboxylic acids is 2. The zero-order valence-electron chi connectivity index (χ0n) is 16.0. The number of hydrogen-bond donors (Lipinski definition) is 0. The topological polar surface area (TPSA) is 49.9 Å². The van der Waals surface area contributed by atoms with Gasteiger partial charge in [0.2, 0.25) is 5.91 Å². The molecule has 1 unspecified atom stereocenters. The SMILES string of the molecule is CN(CCOc1ccccc1)C(=O)C1CCCN(C(=O)c2ccc(F)cc2)C1. The van der Waals surface area contributed by atoms with Gasteiger partial charge in [-0.05, 0) is 49.2 Å². The Balaban J connectivity index is 1.51. The third-order valence-corrected chi connectivity index (χ3v) is 4.96. The van der Waals surface area contributed by atoms with E-state index in [0.717, 1.165) is 18.6 Å². The van der Waals surface area contributed by atoms with Gasteiger partial charge >= 0.3 is 0 Å². The van der Waals surface area contributed by atoms with Crippen LogP contribution in [0.1, 0.15) is 23.2 Å². The van der Waals surface area contributed by atoms with Gasteiger partial charge < -0.3 is 14.5 Å². The largest absolute Gasteiger partial charge is 0.492 e. The minimum Gasteiger partial charge on any atom is -0.492 e. The first-order valence-corrected chi connectivity index (χ1v) is 9.52. The molecule has 0 aliphatic carbocycles. The fraction of sp³-hybridized carbons (Fsp3) is 0.364. The molecule has 0 radical (unpaired) electrons. The van der Waals surface area contributed by atoms with Crippen molar-refractivity contribution in [3.8, 4) is 5.75 Å². The minimum atomic E-state index is -0.373. The van der Waals surface area contributed by atoms with Crippen LogP contribution in [0, 0.1) is 11.7 Å². The summed E-state index contributed by atoms with van der Waals surface area (Å²) in [4.78, 5) is 28.8. The molecule has 0 bridgehead atoms. The number of hydrogen-bond acceptors (Lipinski definition) is 3. The minimum absolute atomic E-state index is 0.0215. The molecule has 28 heavy (non-hydrogen) atoms. The van der Waals surface area contributed by atoms with E-state index < -0.39 is 0 Å². The first kappa shape index (κ1) is 19.9. The summed E-state index contributed by atoms with van der Waals surface area (Å²) in [5, 5.41) is 0. The normalized spacial score (nSPS) is 16.5. The molecule has 0 spiro atoms. The van der Waals surface area contributed by atoms with Gasteiger partial charge in [0, 0.05) is 25.7 Å². The fourth-order valence-corrected chi connectivity index (χ4v) is 3.38. The Morgan fingerprint density at radius 1 is 1.14 bits per heavy atom. The Morgan fingerprint density at radius 3 is 2.57 bits per heavy atom.